The zero-order chi connectivity index (χ0) is 28.7. The summed E-state index contributed by atoms with van der Waals surface area (Å²) in [6.45, 7) is 0.370. The van der Waals surface area contributed by atoms with Gasteiger partial charge in [-0.1, -0.05) is 0 Å². The highest BCUT2D eigenvalue weighted by atomic mass is 16.7. The number of benzene rings is 1. The number of nitrogens with one attached hydrogen (secondary N) is 2. The second kappa shape index (κ2) is 12.8. The maximum absolute atomic E-state index is 13.3. The minimum atomic E-state index is -1.48. The standard InChI is InChI=1S/C23H30N8O8/c1-39-30-18(33)12-17(32)19(30)22(36)29-11-3-5-16(29)21(35)28-15(4-2-10-26-23(24)25)20(34)27-13-6-8-14(9-7-13)31(37)38/h6-9,15-16,19H,2-5,10-12H2,1H3,(H,27,34)(H,28,35)(H4,24,25,26)/t15-,16-,19?/m0/s1. The van der Waals surface area contributed by atoms with E-state index >= 15 is 0 Å². The molecule has 0 saturated carbocycles. The second-order valence-electron chi connectivity index (χ2n) is 8.94. The van der Waals surface area contributed by atoms with Gasteiger partial charge in [0, 0.05) is 30.9 Å². The van der Waals surface area contributed by atoms with Crippen LogP contribution in [0, 0.1) is 10.1 Å². The van der Waals surface area contributed by atoms with E-state index in [4.69, 9.17) is 16.3 Å². The van der Waals surface area contributed by atoms with Crippen LogP contribution in [-0.4, -0.2) is 88.6 Å². The highest BCUT2D eigenvalue weighted by Crippen LogP contribution is 2.24. The second-order valence-corrected chi connectivity index (χ2v) is 8.94. The lowest BCUT2D eigenvalue weighted by Gasteiger charge is -2.29. The van der Waals surface area contributed by atoms with E-state index in [1.54, 1.807) is 0 Å². The number of rotatable bonds is 11. The average molecular weight is 547 g/mol. The van der Waals surface area contributed by atoms with E-state index in [1.165, 1.54) is 36.3 Å². The summed E-state index contributed by atoms with van der Waals surface area (Å²) in [6, 6.07) is 1.64. The molecule has 2 saturated heterocycles. The summed E-state index contributed by atoms with van der Waals surface area (Å²) in [5, 5.41) is 16.9. The molecule has 2 aliphatic rings. The molecule has 4 amide bonds. The number of nitrogens with zero attached hydrogens (tertiary/aromatic N) is 4. The zero-order valence-electron chi connectivity index (χ0n) is 21.2. The summed E-state index contributed by atoms with van der Waals surface area (Å²) in [5.74, 6) is -3.35. The molecular weight excluding hydrogens is 516 g/mol. The SMILES string of the molecule is CON1C(=O)CC(=O)C1C(=O)N1CCC[C@H]1C(=O)N[C@@H](CCCN=C(N)N)C(=O)Nc1ccc([N+](=O)[O-])cc1. The Kier molecular flexibility index (Phi) is 9.48. The third-order valence-electron chi connectivity index (χ3n) is 6.30. The Morgan fingerprint density at radius 3 is 2.54 bits per heavy atom. The number of nitro groups is 1. The van der Waals surface area contributed by atoms with Crippen LogP contribution in [0.5, 0.6) is 0 Å². The molecule has 0 aromatic heterocycles. The summed E-state index contributed by atoms with van der Waals surface area (Å²) in [4.78, 5) is 84.1. The number of carbonyl (C=O) groups excluding carboxylic acids is 5. The molecule has 16 heteroatoms. The molecule has 3 atom stereocenters. The maximum Gasteiger partial charge on any atom is 0.269 e. The highest BCUT2D eigenvalue weighted by Gasteiger charge is 2.48. The molecular formula is C23H30N8O8. The number of carbonyl (C=O) groups is 5. The molecule has 2 fully saturated rings. The molecule has 2 heterocycles. The number of nitrogens with two attached hydrogens (primary N) is 2. The van der Waals surface area contributed by atoms with Crippen molar-refractivity contribution in [3.8, 4) is 0 Å². The van der Waals surface area contributed by atoms with Gasteiger partial charge in [0.2, 0.25) is 11.8 Å². The van der Waals surface area contributed by atoms with Gasteiger partial charge in [-0.3, -0.25) is 43.9 Å². The Bertz CT molecular complexity index is 1170. The van der Waals surface area contributed by atoms with Crippen molar-refractivity contribution in [2.75, 3.05) is 25.5 Å². The predicted octanol–water partition coefficient (Wildman–Crippen LogP) is -1.21. The molecule has 39 heavy (non-hydrogen) atoms. The third kappa shape index (κ3) is 7.04. The zero-order valence-corrected chi connectivity index (χ0v) is 21.2. The molecule has 3 rings (SSSR count). The fraction of sp³-hybridized carbons (Fsp3) is 0.478. The van der Waals surface area contributed by atoms with Crippen molar-refractivity contribution < 1.29 is 33.7 Å². The van der Waals surface area contributed by atoms with E-state index in [0.717, 1.165) is 0 Å². The fourth-order valence-corrected chi connectivity index (χ4v) is 4.44. The van der Waals surface area contributed by atoms with Crippen molar-refractivity contribution in [3.63, 3.8) is 0 Å². The highest BCUT2D eigenvalue weighted by molar-refractivity contribution is 6.18. The number of amides is 4. The van der Waals surface area contributed by atoms with Gasteiger partial charge in [0.15, 0.2) is 17.8 Å². The summed E-state index contributed by atoms with van der Waals surface area (Å²) < 4.78 is 0. The number of hydrogen-bond acceptors (Lipinski definition) is 9. The van der Waals surface area contributed by atoms with Crippen molar-refractivity contribution in [1.82, 2.24) is 15.3 Å². The van der Waals surface area contributed by atoms with Crippen LogP contribution in [0.25, 0.3) is 0 Å². The summed E-state index contributed by atoms with van der Waals surface area (Å²) in [7, 11) is 1.17. The first kappa shape index (κ1) is 29.0. The molecule has 6 N–H and O–H groups in total. The number of ketones is 1. The van der Waals surface area contributed by atoms with Crippen LogP contribution < -0.4 is 22.1 Å². The molecule has 1 aromatic carbocycles. The van der Waals surface area contributed by atoms with E-state index < -0.39 is 58.9 Å². The molecule has 0 bridgehead atoms. The van der Waals surface area contributed by atoms with Crippen LogP contribution in [0.3, 0.4) is 0 Å². The van der Waals surface area contributed by atoms with Crippen LogP contribution in [0.4, 0.5) is 11.4 Å². The first-order chi connectivity index (χ1) is 18.5. The molecule has 2 aliphatic heterocycles. The normalized spacial score (nSPS) is 19.5. The summed E-state index contributed by atoms with van der Waals surface area (Å²) >= 11 is 0. The van der Waals surface area contributed by atoms with Gasteiger partial charge >= 0.3 is 0 Å². The Morgan fingerprint density at radius 1 is 1.23 bits per heavy atom. The predicted molar refractivity (Wildman–Crippen MR) is 136 cm³/mol. The number of Topliss-reactive ketones (excluding diaryl/α,β-unsaturated/α-hetero) is 1. The number of guanidine groups is 1. The van der Waals surface area contributed by atoms with E-state index in [1.807, 2.05) is 0 Å². The van der Waals surface area contributed by atoms with E-state index in [-0.39, 0.29) is 43.3 Å². The molecule has 0 radical (unpaired) electrons. The van der Waals surface area contributed by atoms with E-state index in [9.17, 15) is 34.1 Å². The van der Waals surface area contributed by atoms with Gasteiger partial charge in [0.1, 0.15) is 12.1 Å². The lowest BCUT2D eigenvalue weighted by atomic mass is 10.1. The van der Waals surface area contributed by atoms with Gasteiger partial charge in [-0.2, -0.15) is 0 Å². The number of non-ortho nitro benzene ring substituents is 1. The fourth-order valence-electron chi connectivity index (χ4n) is 4.44. The van der Waals surface area contributed by atoms with E-state index in [2.05, 4.69) is 15.6 Å². The van der Waals surface area contributed by atoms with Crippen LogP contribution in [-0.2, 0) is 28.8 Å². The van der Waals surface area contributed by atoms with Crippen molar-refractivity contribution in [2.24, 2.45) is 16.5 Å². The molecule has 1 unspecified atom stereocenters. The van der Waals surface area contributed by atoms with Gasteiger partial charge < -0.3 is 27.0 Å². The van der Waals surface area contributed by atoms with Gasteiger partial charge in [0.05, 0.1) is 18.5 Å². The minimum absolute atomic E-state index is 0.129. The van der Waals surface area contributed by atoms with Crippen molar-refractivity contribution >= 4 is 46.7 Å². The quantitative estimate of drug-likeness (QED) is 0.0646. The molecule has 0 aliphatic carbocycles. The van der Waals surface area contributed by atoms with Crippen LogP contribution >= 0.6 is 0 Å². The number of aliphatic imine (C=N–C) groups is 1. The first-order valence-electron chi connectivity index (χ1n) is 12.1. The number of nitro benzene ring substituents is 1. The largest absolute Gasteiger partial charge is 0.370 e. The Morgan fingerprint density at radius 2 is 1.92 bits per heavy atom. The lowest BCUT2D eigenvalue weighted by Crippen LogP contribution is -2.56. The van der Waals surface area contributed by atoms with Gasteiger partial charge in [-0.05, 0) is 37.8 Å². The average Bonchev–Trinajstić information content (AvgIpc) is 3.49. The molecule has 0 spiro atoms. The van der Waals surface area contributed by atoms with Crippen molar-refractivity contribution in [2.45, 2.75) is 50.2 Å². The minimum Gasteiger partial charge on any atom is -0.370 e. The number of hydroxylamine groups is 2. The molecule has 210 valence electrons. The monoisotopic (exact) mass is 546 g/mol. The number of hydrogen-bond donors (Lipinski definition) is 4. The Hall–Kier alpha value is -4.60. The van der Waals surface area contributed by atoms with E-state index in [0.29, 0.717) is 17.9 Å². The van der Waals surface area contributed by atoms with Crippen molar-refractivity contribution in [3.05, 3.63) is 34.4 Å². The third-order valence-corrected chi connectivity index (χ3v) is 6.30. The Labute approximate surface area is 222 Å². The van der Waals surface area contributed by atoms with Crippen LogP contribution in [0.1, 0.15) is 32.1 Å². The van der Waals surface area contributed by atoms with Gasteiger partial charge in [-0.25, -0.2) is 5.06 Å². The topological polar surface area (TPSA) is 233 Å². The maximum atomic E-state index is 13.3. The summed E-state index contributed by atoms with van der Waals surface area (Å²) in [6.07, 6.45) is 0.732. The Balaban J connectivity index is 1.73. The van der Waals surface area contributed by atoms with Gasteiger partial charge in [0.25, 0.3) is 17.5 Å². The van der Waals surface area contributed by atoms with Crippen LogP contribution in [0.15, 0.2) is 29.3 Å². The summed E-state index contributed by atoms with van der Waals surface area (Å²) in [5.41, 5.74) is 10.8. The molecule has 1 aromatic rings. The van der Waals surface area contributed by atoms with Crippen molar-refractivity contribution in [1.29, 1.82) is 0 Å². The lowest BCUT2D eigenvalue weighted by molar-refractivity contribution is -0.384. The smallest absolute Gasteiger partial charge is 0.269 e. The first-order valence-corrected chi connectivity index (χ1v) is 12.1. The number of anilines is 1. The molecule has 16 nitrogen and oxygen atoms in total. The number of likely N-dealkylation sites (tertiary alicyclic amines) is 1. The van der Waals surface area contributed by atoms with Gasteiger partial charge in [-0.15, -0.1) is 0 Å². The van der Waals surface area contributed by atoms with Crippen LogP contribution in [0.2, 0.25) is 0 Å².